The summed E-state index contributed by atoms with van der Waals surface area (Å²) in [6.07, 6.45) is 1.43. The van der Waals surface area contributed by atoms with Gasteiger partial charge in [-0.25, -0.2) is 9.78 Å². The number of aryl methyl sites for hydroxylation is 2. The van der Waals surface area contributed by atoms with Crippen molar-refractivity contribution < 1.29 is 14.3 Å². The number of benzene rings is 1. The van der Waals surface area contributed by atoms with Gasteiger partial charge in [0.2, 0.25) is 5.43 Å². The molecule has 156 valence electrons. The number of anilines is 2. The van der Waals surface area contributed by atoms with Crippen molar-refractivity contribution >= 4 is 34.3 Å². The highest BCUT2D eigenvalue weighted by Gasteiger charge is 2.18. The molecule has 0 radical (unpaired) electrons. The van der Waals surface area contributed by atoms with Gasteiger partial charge in [-0.1, -0.05) is 0 Å². The fourth-order valence-electron chi connectivity index (χ4n) is 3.00. The van der Waals surface area contributed by atoms with Gasteiger partial charge in [-0.3, -0.25) is 9.59 Å². The Balaban J connectivity index is 1.72. The summed E-state index contributed by atoms with van der Waals surface area (Å²) in [4.78, 5) is 43.7. The normalized spacial score (nSPS) is 10.7. The number of hydrogen-bond donors (Lipinski definition) is 1. The molecule has 0 aliphatic heterocycles. The molecule has 0 saturated heterocycles. The van der Waals surface area contributed by atoms with Crippen molar-refractivity contribution in [2.45, 2.75) is 20.4 Å². The van der Waals surface area contributed by atoms with E-state index in [0.717, 1.165) is 11.4 Å². The zero-order valence-electron chi connectivity index (χ0n) is 17.4. The van der Waals surface area contributed by atoms with E-state index in [9.17, 15) is 14.4 Å². The van der Waals surface area contributed by atoms with Crippen LogP contribution in [0.4, 0.5) is 11.4 Å². The van der Waals surface area contributed by atoms with Crippen molar-refractivity contribution in [1.29, 1.82) is 0 Å². The van der Waals surface area contributed by atoms with E-state index in [-0.39, 0.29) is 5.56 Å². The van der Waals surface area contributed by atoms with Gasteiger partial charge in [0.15, 0.2) is 6.61 Å². The molecule has 1 amide bonds. The molecule has 1 N–H and O–H groups in total. The van der Waals surface area contributed by atoms with E-state index in [4.69, 9.17) is 4.74 Å². The first-order valence-electron chi connectivity index (χ1n) is 9.55. The van der Waals surface area contributed by atoms with Gasteiger partial charge >= 0.3 is 5.97 Å². The van der Waals surface area contributed by atoms with Gasteiger partial charge in [-0.05, 0) is 50.2 Å². The third-order valence-corrected chi connectivity index (χ3v) is 4.62. The average Bonchev–Trinajstić information content (AvgIpc) is 2.72. The largest absolute Gasteiger partial charge is 0.452 e. The van der Waals surface area contributed by atoms with Crippen LogP contribution < -0.4 is 15.6 Å². The number of hydrogen-bond acceptors (Lipinski definition) is 6. The first kappa shape index (κ1) is 21.0. The molecule has 0 spiro atoms. The third-order valence-electron chi connectivity index (χ3n) is 4.62. The van der Waals surface area contributed by atoms with Crippen molar-refractivity contribution in [2.24, 2.45) is 0 Å². The number of rotatable bonds is 6. The minimum absolute atomic E-state index is 0.127. The maximum absolute atomic E-state index is 12.7. The second kappa shape index (κ2) is 8.77. The number of esters is 1. The summed E-state index contributed by atoms with van der Waals surface area (Å²) in [6, 6.07) is 10.6. The molecule has 3 aromatic rings. The van der Waals surface area contributed by atoms with Crippen LogP contribution in [0.3, 0.4) is 0 Å². The van der Waals surface area contributed by atoms with Crippen LogP contribution in [0, 0.1) is 6.92 Å². The van der Waals surface area contributed by atoms with Crippen LogP contribution in [-0.2, 0) is 16.1 Å². The monoisotopic (exact) mass is 408 g/mol. The summed E-state index contributed by atoms with van der Waals surface area (Å²) < 4.78 is 6.80. The van der Waals surface area contributed by atoms with Crippen LogP contribution in [-0.4, -0.2) is 42.1 Å². The van der Waals surface area contributed by atoms with Gasteiger partial charge in [-0.15, -0.1) is 0 Å². The first-order chi connectivity index (χ1) is 14.3. The van der Waals surface area contributed by atoms with Crippen molar-refractivity contribution in [2.75, 3.05) is 30.9 Å². The molecule has 0 atom stereocenters. The molecule has 2 aromatic heterocycles. The fraction of sp³-hybridized carbons (Fsp3) is 0.273. The quantitative estimate of drug-likeness (QED) is 0.630. The Hall–Kier alpha value is -3.68. The molecule has 0 bridgehead atoms. The van der Waals surface area contributed by atoms with E-state index >= 15 is 0 Å². The Morgan fingerprint density at radius 2 is 1.83 bits per heavy atom. The van der Waals surface area contributed by atoms with Crippen LogP contribution in [0.15, 0.2) is 47.4 Å². The Morgan fingerprint density at radius 1 is 1.13 bits per heavy atom. The fourth-order valence-corrected chi connectivity index (χ4v) is 3.00. The number of carbonyl (C=O) groups excluding carboxylic acids is 2. The van der Waals surface area contributed by atoms with E-state index in [1.165, 1.54) is 6.20 Å². The van der Waals surface area contributed by atoms with E-state index in [1.54, 1.807) is 28.8 Å². The summed E-state index contributed by atoms with van der Waals surface area (Å²) in [7, 11) is 3.84. The first-order valence-corrected chi connectivity index (χ1v) is 9.55. The van der Waals surface area contributed by atoms with Gasteiger partial charge in [0.1, 0.15) is 11.2 Å². The Labute approximate surface area is 174 Å². The maximum Gasteiger partial charge on any atom is 0.344 e. The van der Waals surface area contributed by atoms with Crippen LogP contribution in [0.5, 0.6) is 0 Å². The molecule has 0 fully saturated rings. The standard InChI is InChI=1S/C22H24N4O4/c1-5-26-12-18(20(28)17-11-6-14(2)23-21(17)26)22(29)30-13-19(27)24-15-7-9-16(10-8-15)25(3)4/h6-12H,5,13H2,1-4H3,(H,24,27). The predicted octanol–water partition coefficient (Wildman–Crippen LogP) is 2.59. The van der Waals surface area contributed by atoms with Gasteiger partial charge in [0, 0.05) is 43.9 Å². The summed E-state index contributed by atoms with van der Waals surface area (Å²) in [6.45, 7) is 3.75. The molecule has 0 aliphatic rings. The number of fused-ring (bicyclic) bond motifs is 1. The summed E-state index contributed by atoms with van der Waals surface area (Å²) in [5.41, 5.74) is 2.27. The SMILES string of the molecule is CCn1cc(C(=O)OCC(=O)Nc2ccc(N(C)C)cc2)c(=O)c2ccc(C)nc21. The minimum atomic E-state index is -0.845. The zero-order valence-corrected chi connectivity index (χ0v) is 17.4. The van der Waals surface area contributed by atoms with Gasteiger partial charge in [-0.2, -0.15) is 0 Å². The Kier molecular flexibility index (Phi) is 6.15. The highest BCUT2D eigenvalue weighted by Crippen LogP contribution is 2.16. The van der Waals surface area contributed by atoms with Crippen LogP contribution in [0.2, 0.25) is 0 Å². The van der Waals surface area contributed by atoms with E-state index in [2.05, 4.69) is 10.3 Å². The van der Waals surface area contributed by atoms with Crippen molar-refractivity contribution in [3.63, 3.8) is 0 Å². The molecule has 8 nitrogen and oxygen atoms in total. The Bertz CT molecular complexity index is 1150. The van der Waals surface area contributed by atoms with Crippen LogP contribution in [0.25, 0.3) is 11.0 Å². The molecular weight excluding hydrogens is 384 g/mol. The maximum atomic E-state index is 12.7. The van der Waals surface area contributed by atoms with Crippen molar-refractivity contribution in [3.05, 3.63) is 64.1 Å². The smallest absolute Gasteiger partial charge is 0.344 e. The van der Waals surface area contributed by atoms with E-state index < -0.39 is 23.9 Å². The number of amides is 1. The van der Waals surface area contributed by atoms with Gasteiger partial charge in [0.25, 0.3) is 5.91 Å². The molecule has 1 aromatic carbocycles. The lowest BCUT2D eigenvalue weighted by molar-refractivity contribution is -0.119. The highest BCUT2D eigenvalue weighted by molar-refractivity contribution is 5.97. The second-order valence-electron chi connectivity index (χ2n) is 7.05. The number of ether oxygens (including phenoxy) is 1. The van der Waals surface area contributed by atoms with Crippen LogP contribution in [0.1, 0.15) is 23.0 Å². The number of pyridine rings is 2. The third kappa shape index (κ3) is 4.48. The average molecular weight is 408 g/mol. The zero-order chi connectivity index (χ0) is 21.8. The van der Waals surface area contributed by atoms with Crippen LogP contribution >= 0.6 is 0 Å². The summed E-state index contributed by atoms with van der Waals surface area (Å²) in [5, 5.41) is 3.00. The summed E-state index contributed by atoms with van der Waals surface area (Å²) >= 11 is 0. The van der Waals surface area contributed by atoms with Gasteiger partial charge < -0.3 is 19.5 Å². The molecule has 3 rings (SSSR count). The molecule has 0 aliphatic carbocycles. The predicted molar refractivity (Wildman–Crippen MR) is 116 cm³/mol. The van der Waals surface area contributed by atoms with Gasteiger partial charge in [0.05, 0.1) is 5.39 Å². The molecule has 2 heterocycles. The van der Waals surface area contributed by atoms with E-state index in [1.807, 2.05) is 45.0 Å². The summed E-state index contributed by atoms with van der Waals surface area (Å²) in [5.74, 6) is -1.34. The molecular formula is C22H24N4O4. The lowest BCUT2D eigenvalue weighted by Crippen LogP contribution is -2.25. The van der Waals surface area contributed by atoms with E-state index in [0.29, 0.717) is 23.3 Å². The molecule has 0 unspecified atom stereocenters. The lowest BCUT2D eigenvalue weighted by atomic mass is 10.2. The van der Waals surface area contributed by atoms with Crippen molar-refractivity contribution in [1.82, 2.24) is 9.55 Å². The minimum Gasteiger partial charge on any atom is -0.452 e. The number of nitrogens with one attached hydrogen (secondary N) is 1. The molecule has 30 heavy (non-hydrogen) atoms. The number of aromatic nitrogens is 2. The van der Waals surface area contributed by atoms with Crippen molar-refractivity contribution in [3.8, 4) is 0 Å². The topological polar surface area (TPSA) is 93.5 Å². The second-order valence-corrected chi connectivity index (χ2v) is 7.05. The molecule has 8 heteroatoms. The number of nitrogens with zero attached hydrogens (tertiary/aromatic N) is 3. The number of carbonyl (C=O) groups is 2. The lowest BCUT2D eigenvalue weighted by Gasteiger charge is -2.13. The highest BCUT2D eigenvalue weighted by atomic mass is 16.5. The molecule has 0 saturated carbocycles. The Morgan fingerprint density at radius 3 is 2.47 bits per heavy atom.